The summed E-state index contributed by atoms with van der Waals surface area (Å²) in [5.41, 5.74) is 2.84. The van der Waals surface area contributed by atoms with Crippen LogP contribution in [0.2, 0.25) is 0 Å². The van der Waals surface area contributed by atoms with E-state index in [0.29, 0.717) is 11.1 Å². The van der Waals surface area contributed by atoms with E-state index in [4.69, 9.17) is 9.47 Å². The fourth-order valence-corrected chi connectivity index (χ4v) is 4.73. The molecule has 0 spiro atoms. The van der Waals surface area contributed by atoms with Crippen LogP contribution >= 0.6 is 0 Å². The van der Waals surface area contributed by atoms with Crippen molar-refractivity contribution >= 4 is 28.2 Å². The van der Waals surface area contributed by atoms with Crippen LogP contribution in [0.15, 0.2) is 78.9 Å². The lowest BCUT2D eigenvalue weighted by Crippen LogP contribution is -2.46. The number of nitro benzene ring substituents is 1. The first kappa shape index (κ1) is 25.2. The van der Waals surface area contributed by atoms with Crippen LogP contribution in [0.25, 0.3) is 10.9 Å². The number of aromatic nitrogens is 1. The maximum Gasteiger partial charge on any atom is 0.356 e. The first-order valence-corrected chi connectivity index (χ1v) is 12.4. The highest BCUT2D eigenvalue weighted by molar-refractivity contribution is 6.04. The van der Waals surface area contributed by atoms with Gasteiger partial charge in [0.05, 0.1) is 23.1 Å². The SMILES string of the molecule is COC(=O)c1cc(OCc2ccccc2)c2c(N3CCN(Cc4ccccc4)CC3)ccc([N+](=O)[O-])c2n1. The van der Waals surface area contributed by atoms with Gasteiger partial charge in [-0.1, -0.05) is 60.7 Å². The molecule has 1 aromatic heterocycles. The molecule has 1 saturated heterocycles. The fourth-order valence-electron chi connectivity index (χ4n) is 4.73. The summed E-state index contributed by atoms with van der Waals surface area (Å²) in [6.45, 7) is 4.23. The first-order chi connectivity index (χ1) is 18.5. The molecule has 0 atom stereocenters. The smallest absolute Gasteiger partial charge is 0.356 e. The van der Waals surface area contributed by atoms with E-state index in [0.717, 1.165) is 44.0 Å². The van der Waals surface area contributed by atoms with Gasteiger partial charge in [-0.05, 0) is 17.2 Å². The number of anilines is 1. The Bertz CT molecular complexity index is 1440. The lowest BCUT2D eigenvalue weighted by molar-refractivity contribution is -0.383. The predicted octanol–water partition coefficient (Wildman–Crippen LogP) is 4.83. The number of pyridine rings is 1. The molecule has 9 heteroatoms. The number of hydrogen-bond donors (Lipinski definition) is 0. The van der Waals surface area contributed by atoms with Crippen molar-refractivity contribution < 1.29 is 19.2 Å². The number of methoxy groups -OCH3 is 1. The van der Waals surface area contributed by atoms with E-state index >= 15 is 0 Å². The number of carbonyl (C=O) groups is 1. The molecule has 2 heterocycles. The normalized spacial score (nSPS) is 13.9. The van der Waals surface area contributed by atoms with Gasteiger partial charge in [0.15, 0.2) is 11.2 Å². The number of benzene rings is 3. The molecule has 38 heavy (non-hydrogen) atoms. The molecule has 1 aliphatic heterocycles. The van der Waals surface area contributed by atoms with E-state index in [9.17, 15) is 14.9 Å². The minimum absolute atomic E-state index is 0.0454. The zero-order valence-corrected chi connectivity index (χ0v) is 21.1. The second-order valence-electron chi connectivity index (χ2n) is 9.10. The van der Waals surface area contributed by atoms with Gasteiger partial charge < -0.3 is 14.4 Å². The maximum atomic E-state index is 12.4. The molecular formula is C29H28N4O5. The summed E-state index contributed by atoms with van der Waals surface area (Å²) in [7, 11) is 1.25. The summed E-state index contributed by atoms with van der Waals surface area (Å²) in [6.07, 6.45) is 0. The van der Waals surface area contributed by atoms with E-state index in [1.807, 2.05) is 48.5 Å². The Hall–Kier alpha value is -4.50. The van der Waals surface area contributed by atoms with Crippen LogP contribution in [0.4, 0.5) is 11.4 Å². The van der Waals surface area contributed by atoms with Crippen LogP contribution in [-0.4, -0.2) is 54.1 Å². The highest BCUT2D eigenvalue weighted by Gasteiger charge is 2.27. The third-order valence-corrected chi connectivity index (χ3v) is 6.67. The van der Waals surface area contributed by atoms with Crippen LogP contribution < -0.4 is 9.64 Å². The summed E-state index contributed by atoms with van der Waals surface area (Å²) in [5.74, 6) is -0.338. The van der Waals surface area contributed by atoms with E-state index < -0.39 is 10.9 Å². The van der Waals surface area contributed by atoms with E-state index in [2.05, 4.69) is 26.9 Å². The van der Waals surface area contributed by atoms with Gasteiger partial charge in [0, 0.05) is 44.9 Å². The van der Waals surface area contributed by atoms with Crippen molar-refractivity contribution in [3.63, 3.8) is 0 Å². The van der Waals surface area contributed by atoms with E-state index in [1.54, 1.807) is 6.07 Å². The number of ether oxygens (including phenoxy) is 2. The van der Waals surface area contributed by atoms with Gasteiger partial charge in [-0.3, -0.25) is 15.0 Å². The van der Waals surface area contributed by atoms with Crippen molar-refractivity contribution in [3.8, 4) is 5.75 Å². The van der Waals surface area contributed by atoms with Crippen LogP contribution in [0.1, 0.15) is 21.6 Å². The average molecular weight is 513 g/mol. The monoisotopic (exact) mass is 512 g/mol. The number of nitro groups is 1. The molecule has 0 radical (unpaired) electrons. The number of rotatable bonds is 8. The molecule has 3 aromatic carbocycles. The van der Waals surface area contributed by atoms with Crippen molar-refractivity contribution in [1.29, 1.82) is 0 Å². The van der Waals surface area contributed by atoms with Crippen LogP contribution in [0.5, 0.6) is 5.75 Å². The highest BCUT2D eigenvalue weighted by Crippen LogP contribution is 2.40. The predicted molar refractivity (Wildman–Crippen MR) is 144 cm³/mol. The molecule has 5 rings (SSSR count). The number of carbonyl (C=O) groups excluding carboxylic acids is 1. The number of piperazine rings is 1. The van der Waals surface area contributed by atoms with E-state index in [1.165, 1.54) is 24.8 Å². The molecule has 0 amide bonds. The minimum atomic E-state index is -0.689. The first-order valence-electron chi connectivity index (χ1n) is 12.4. The summed E-state index contributed by atoms with van der Waals surface area (Å²) in [6, 6.07) is 24.7. The van der Waals surface area contributed by atoms with Gasteiger partial charge >= 0.3 is 5.97 Å². The standard InChI is InChI=1S/C29H28N4O5/c1-37-29(34)23-18-26(38-20-22-10-6-3-7-11-22)27-24(12-13-25(33(35)36)28(27)30-23)32-16-14-31(15-17-32)19-21-8-4-2-5-9-21/h2-13,18H,14-17,19-20H2,1H3. The molecule has 0 bridgehead atoms. The molecule has 0 aliphatic carbocycles. The van der Waals surface area contributed by atoms with E-state index in [-0.39, 0.29) is 23.5 Å². The molecule has 0 saturated carbocycles. The van der Waals surface area contributed by atoms with Crippen LogP contribution in [0, 0.1) is 10.1 Å². The van der Waals surface area contributed by atoms with Crippen LogP contribution in [0.3, 0.4) is 0 Å². The van der Waals surface area contributed by atoms with Crippen molar-refractivity contribution in [2.24, 2.45) is 0 Å². The molecule has 0 unspecified atom stereocenters. The topological polar surface area (TPSA) is 98.0 Å². The Balaban J connectivity index is 1.51. The summed E-state index contributed by atoms with van der Waals surface area (Å²) in [4.78, 5) is 32.8. The fraction of sp³-hybridized carbons (Fsp3) is 0.241. The number of nitrogens with zero attached hydrogens (tertiary/aromatic N) is 4. The lowest BCUT2D eigenvalue weighted by atomic mass is 10.1. The zero-order valence-electron chi connectivity index (χ0n) is 21.1. The van der Waals surface area contributed by atoms with Gasteiger partial charge in [0.25, 0.3) is 5.69 Å². The summed E-state index contributed by atoms with van der Waals surface area (Å²) < 4.78 is 11.1. The van der Waals surface area contributed by atoms with Crippen molar-refractivity contribution in [2.75, 3.05) is 38.2 Å². The second-order valence-corrected chi connectivity index (χ2v) is 9.10. The molecule has 9 nitrogen and oxygen atoms in total. The van der Waals surface area contributed by atoms with Gasteiger partial charge in [-0.25, -0.2) is 9.78 Å². The van der Waals surface area contributed by atoms with Gasteiger partial charge in [0.2, 0.25) is 0 Å². The number of hydrogen-bond acceptors (Lipinski definition) is 8. The largest absolute Gasteiger partial charge is 0.488 e. The van der Waals surface area contributed by atoms with Crippen molar-refractivity contribution in [1.82, 2.24) is 9.88 Å². The van der Waals surface area contributed by atoms with Crippen LogP contribution in [-0.2, 0) is 17.9 Å². The highest BCUT2D eigenvalue weighted by atomic mass is 16.6. The van der Waals surface area contributed by atoms with Gasteiger partial charge in [-0.2, -0.15) is 0 Å². The molecular weight excluding hydrogens is 484 g/mol. The minimum Gasteiger partial charge on any atom is -0.488 e. The Kier molecular flexibility index (Phi) is 7.46. The van der Waals surface area contributed by atoms with Crippen molar-refractivity contribution in [3.05, 3.63) is 106 Å². The number of fused-ring (bicyclic) bond motifs is 1. The third kappa shape index (κ3) is 5.42. The summed E-state index contributed by atoms with van der Waals surface area (Å²) >= 11 is 0. The zero-order chi connectivity index (χ0) is 26.5. The quantitative estimate of drug-likeness (QED) is 0.188. The molecule has 4 aromatic rings. The Morgan fingerprint density at radius 3 is 2.24 bits per heavy atom. The lowest BCUT2D eigenvalue weighted by Gasteiger charge is -2.36. The second kappa shape index (κ2) is 11.3. The van der Waals surface area contributed by atoms with Gasteiger partial charge in [0.1, 0.15) is 12.4 Å². The maximum absolute atomic E-state index is 12.4. The number of non-ortho nitro benzene ring substituents is 1. The third-order valence-electron chi connectivity index (χ3n) is 6.67. The molecule has 1 fully saturated rings. The molecule has 1 aliphatic rings. The average Bonchev–Trinajstić information content (AvgIpc) is 2.96. The number of esters is 1. The Morgan fingerprint density at radius 2 is 1.61 bits per heavy atom. The Labute approximate surface area is 220 Å². The molecule has 0 N–H and O–H groups in total. The Morgan fingerprint density at radius 1 is 0.947 bits per heavy atom. The molecule has 194 valence electrons. The van der Waals surface area contributed by atoms with Crippen molar-refractivity contribution in [2.45, 2.75) is 13.2 Å². The summed E-state index contributed by atoms with van der Waals surface area (Å²) in [5, 5.41) is 12.5. The van der Waals surface area contributed by atoms with Gasteiger partial charge in [-0.15, -0.1) is 0 Å².